The first kappa shape index (κ1) is 17.2. The van der Waals surface area contributed by atoms with E-state index in [2.05, 4.69) is 27.9 Å². The van der Waals surface area contributed by atoms with Crippen LogP contribution in [0.3, 0.4) is 0 Å². The second-order valence-electron chi connectivity index (χ2n) is 6.19. The smallest absolute Gasteiger partial charge is 0.241 e. The molecular formula is C20H24N4O. The molecule has 0 spiro atoms. The maximum atomic E-state index is 12.3. The van der Waals surface area contributed by atoms with Crippen molar-refractivity contribution < 1.29 is 4.79 Å². The Morgan fingerprint density at radius 1 is 1.20 bits per heavy atom. The molecule has 5 nitrogen and oxygen atoms in total. The standard InChI is InChI=1S/C20H24N4O/c1-3-24-17-7-5-4-6-16(17)23-18(24)12-13-22-20(25)19(21)15-10-8-14(2)9-11-15/h4-11,19H,3,12-13,21H2,1-2H3,(H,22,25). The topological polar surface area (TPSA) is 72.9 Å². The van der Waals surface area contributed by atoms with Gasteiger partial charge in [0.1, 0.15) is 11.9 Å². The lowest BCUT2D eigenvalue weighted by atomic mass is 10.1. The molecule has 0 fully saturated rings. The van der Waals surface area contributed by atoms with Crippen LogP contribution in [-0.2, 0) is 17.8 Å². The summed E-state index contributed by atoms with van der Waals surface area (Å²) in [4.78, 5) is 17.0. The molecule has 1 amide bonds. The molecule has 1 heterocycles. The molecule has 0 saturated heterocycles. The van der Waals surface area contributed by atoms with Gasteiger partial charge in [0.25, 0.3) is 0 Å². The van der Waals surface area contributed by atoms with Crippen molar-refractivity contribution in [3.05, 3.63) is 65.5 Å². The Balaban J connectivity index is 1.62. The van der Waals surface area contributed by atoms with Gasteiger partial charge in [-0.05, 0) is 31.5 Å². The van der Waals surface area contributed by atoms with Crippen molar-refractivity contribution in [2.75, 3.05) is 6.54 Å². The lowest BCUT2D eigenvalue weighted by molar-refractivity contribution is -0.122. The molecule has 3 aromatic rings. The summed E-state index contributed by atoms with van der Waals surface area (Å²) in [6.07, 6.45) is 0.675. The van der Waals surface area contributed by atoms with Gasteiger partial charge in [0, 0.05) is 19.5 Å². The number of nitrogens with one attached hydrogen (secondary N) is 1. The summed E-state index contributed by atoms with van der Waals surface area (Å²) in [5.74, 6) is 0.816. The molecule has 1 unspecified atom stereocenters. The number of para-hydroxylation sites is 2. The van der Waals surface area contributed by atoms with Gasteiger partial charge in [-0.3, -0.25) is 4.79 Å². The van der Waals surface area contributed by atoms with Crippen molar-refractivity contribution in [2.24, 2.45) is 5.73 Å². The van der Waals surface area contributed by atoms with Crippen LogP contribution in [0.25, 0.3) is 11.0 Å². The van der Waals surface area contributed by atoms with E-state index >= 15 is 0 Å². The SMILES string of the molecule is CCn1c(CCNC(=O)C(N)c2ccc(C)cc2)nc2ccccc21. The van der Waals surface area contributed by atoms with Crippen molar-refractivity contribution in [1.29, 1.82) is 0 Å². The Morgan fingerprint density at radius 3 is 2.64 bits per heavy atom. The highest BCUT2D eigenvalue weighted by Crippen LogP contribution is 2.16. The van der Waals surface area contributed by atoms with Gasteiger partial charge < -0.3 is 15.6 Å². The maximum Gasteiger partial charge on any atom is 0.241 e. The molecule has 5 heteroatoms. The molecule has 2 aromatic carbocycles. The van der Waals surface area contributed by atoms with Crippen molar-refractivity contribution in [3.63, 3.8) is 0 Å². The van der Waals surface area contributed by atoms with Crippen LogP contribution in [0.2, 0.25) is 0 Å². The molecule has 0 aliphatic heterocycles. The Hall–Kier alpha value is -2.66. The van der Waals surface area contributed by atoms with Crippen LogP contribution >= 0.6 is 0 Å². The second kappa shape index (κ2) is 7.49. The average molecular weight is 336 g/mol. The number of carbonyl (C=O) groups is 1. The zero-order valence-corrected chi connectivity index (χ0v) is 14.7. The number of benzene rings is 2. The Bertz CT molecular complexity index is 867. The zero-order valence-electron chi connectivity index (χ0n) is 14.7. The second-order valence-corrected chi connectivity index (χ2v) is 6.19. The number of aromatic nitrogens is 2. The van der Waals surface area contributed by atoms with Crippen molar-refractivity contribution >= 4 is 16.9 Å². The Labute approximate surface area is 147 Å². The van der Waals surface area contributed by atoms with Crippen LogP contribution in [-0.4, -0.2) is 22.0 Å². The predicted octanol–water partition coefficient (Wildman–Crippen LogP) is 2.72. The molecule has 130 valence electrons. The van der Waals surface area contributed by atoms with Crippen molar-refractivity contribution in [2.45, 2.75) is 32.9 Å². The monoisotopic (exact) mass is 336 g/mol. The van der Waals surface area contributed by atoms with Gasteiger partial charge in [0.2, 0.25) is 5.91 Å². The van der Waals surface area contributed by atoms with Crippen LogP contribution in [0.5, 0.6) is 0 Å². The van der Waals surface area contributed by atoms with Gasteiger partial charge in [-0.1, -0.05) is 42.0 Å². The fourth-order valence-corrected chi connectivity index (χ4v) is 3.00. The number of amides is 1. The number of hydrogen-bond acceptors (Lipinski definition) is 3. The van der Waals surface area contributed by atoms with E-state index < -0.39 is 6.04 Å². The summed E-state index contributed by atoms with van der Waals surface area (Å²) in [7, 11) is 0. The molecule has 1 aromatic heterocycles. The van der Waals surface area contributed by atoms with Gasteiger partial charge in [-0.15, -0.1) is 0 Å². The summed E-state index contributed by atoms with van der Waals surface area (Å²) in [5, 5.41) is 2.92. The number of nitrogens with two attached hydrogens (primary N) is 1. The largest absolute Gasteiger partial charge is 0.354 e. The molecule has 1 atom stereocenters. The minimum atomic E-state index is -0.648. The third-order valence-electron chi connectivity index (χ3n) is 4.42. The van der Waals surface area contributed by atoms with Crippen LogP contribution in [0.15, 0.2) is 48.5 Å². The predicted molar refractivity (Wildman–Crippen MR) is 100 cm³/mol. The van der Waals surface area contributed by atoms with Crippen LogP contribution in [0.4, 0.5) is 0 Å². The summed E-state index contributed by atoms with van der Waals surface area (Å²) in [6, 6.07) is 15.2. The number of rotatable bonds is 6. The Kier molecular flexibility index (Phi) is 5.14. The minimum Gasteiger partial charge on any atom is -0.354 e. The zero-order chi connectivity index (χ0) is 17.8. The van der Waals surface area contributed by atoms with E-state index in [1.165, 1.54) is 0 Å². The van der Waals surface area contributed by atoms with Gasteiger partial charge in [-0.25, -0.2) is 4.98 Å². The van der Waals surface area contributed by atoms with E-state index in [-0.39, 0.29) is 5.91 Å². The van der Waals surface area contributed by atoms with E-state index in [1.54, 1.807) is 0 Å². The number of imidazole rings is 1. The van der Waals surface area contributed by atoms with Crippen molar-refractivity contribution in [1.82, 2.24) is 14.9 Å². The summed E-state index contributed by atoms with van der Waals surface area (Å²) in [6.45, 7) is 5.48. The number of fused-ring (bicyclic) bond motifs is 1. The first-order valence-electron chi connectivity index (χ1n) is 8.64. The highest BCUT2D eigenvalue weighted by molar-refractivity contribution is 5.83. The maximum absolute atomic E-state index is 12.3. The molecule has 3 N–H and O–H groups in total. The molecule has 0 saturated carbocycles. The first-order chi connectivity index (χ1) is 12.1. The van der Waals surface area contributed by atoms with Crippen LogP contribution in [0, 0.1) is 6.92 Å². The van der Waals surface area contributed by atoms with Crippen LogP contribution in [0.1, 0.15) is 29.9 Å². The fraction of sp³-hybridized carbons (Fsp3) is 0.300. The molecule has 3 rings (SSSR count). The average Bonchev–Trinajstić information content (AvgIpc) is 2.99. The van der Waals surface area contributed by atoms with E-state index in [0.29, 0.717) is 13.0 Å². The normalized spacial score (nSPS) is 12.3. The third kappa shape index (κ3) is 3.72. The lowest BCUT2D eigenvalue weighted by Gasteiger charge is -2.13. The number of aryl methyl sites for hydroxylation is 2. The highest BCUT2D eigenvalue weighted by atomic mass is 16.2. The third-order valence-corrected chi connectivity index (χ3v) is 4.42. The molecule has 0 radical (unpaired) electrons. The number of nitrogens with zero attached hydrogens (tertiary/aromatic N) is 2. The van der Waals surface area contributed by atoms with Crippen molar-refractivity contribution in [3.8, 4) is 0 Å². The van der Waals surface area contributed by atoms with E-state index in [9.17, 15) is 4.79 Å². The fourth-order valence-electron chi connectivity index (χ4n) is 3.00. The van der Waals surface area contributed by atoms with Gasteiger partial charge >= 0.3 is 0 Å². The molecule has 0 bridgehead atoms. The lowest BCUT2D eigenvalue weighted by Crippen LogP contribution is -2.35. The number of hydrogen-bond donors (Lipinski definition) is 2. The minimum absolute atomic E-state index is 0.164. The summed E-state index contributed by atoms with van der Waals surface area (Å²) < 4.78 is 2.18. The van der Waals surface area contributed by atoms with Gasteiger partial charge in [-0.2, -0.15) is 0 Å². The molecule has 0 aliphatic rings. The molecule has 25 heavy (non-hydrogen) atoms. The van der Waals surface area contributed by atoms with Crippen LogP contribution < -0.4 is 11.1 Å². The van der Waals surface area contributed by atoms with Gasteiger partial charge in [0.15, 0.2) is 0 Å². The van der Waals surface area contributed by atoms with E-state index in [4.69, 9.17) is 5.73 Å². The summed E-state index contributed by atoms with van der Waals surface area (Å²) >= 11 is 0. The summed E-state index contributed by atoms with van der Waals surface area (Å²) in [5.41, 5.74) is 10.1. The van der Waals surface area contributed by atoms with Gasteiger partial charge in [0.05, 0.1) is 11.0 Å². The van der Waals surface area contributed by atoms with E-state index in [1.807, 2.05) is 49.4 Å². The quantitative estimate of drug-likeness (QED) is 0.727. The molecular weight excluding hydrogens is 312 g/mol. The molecule has 0 aliphatic carbocycles. The Morgan fingerprint density at radius 2 is 1.92 bits per heavy atom. The first-order valence-corrected chi connectivity index (χ1v) is 8.64. The van der Waals surface area contributed by atoms with E-state index in [0.717, 1.165) is 34.5 Å². The number of carbonyl (C=O) groups excluding carboxylic acids is 1. The highest BCUT2D eigenvalue weighted by Gasteiger charge is 2.16.